The molecule has 172 valence electrons. The summed E-state index contributed by atoms with van der Waals surface area (Å²) in [5, 5.41) is 11.5. The predicted octanol–water partition coefficient (Wildman–Crippen LogP) is 5.83. The first-order chi connectivity index (χ1) is 16.4. The second-order valence-electron chi connectivity index (χ2n) is 7.06. The Morgan fingerprint density at radius 3 is 2.50 bits per heavy atom. The van der Waals surface area contributed by atoms with Crippen molar-refractivity contribution in [1.82, 2.24) is 0 Å². The number of nitrogens with zero attached hydrogens (tertiary/aromatic N) is 2. The Kier molecular flexibility index (Phi) is 6.81. The maximum absolute atomic E-state index is 12.3. The molecule has 1 aliphatic rings. The van der Waals surface area contributed by atoms with Crippen molar-refractivity contribution < 1.29 is 23.9 Å². The number of halogens is 2. The quantitative estimate of drug-likeness (QED) is 0.175. The molecule has 1 heterocycles. The van der Waals surface area contributed by atoms with Gasteiger partial charge in [-0.1, -0.05) is 35.3 Å². The molecule has 0 saturated carbocycles. The van der Waals surface area contributed by atoms with E-state index < -0.39 is 10.9 Å². The van der Waals surface area contributed by atoms with Gasteiger partial charge in [0.2, 0.25) is 5.90 Å². The maximum atomic E-state index is 12.3. The molecule has 0 bridgehead atoms. The van der Waals surface area contributed by atoms with Gasteiger partial charge in [0.15, 0.2) is 17.2 Å². The van der Waals surface area contributed by atoms with Crippen LogP contribution in [0, 0.1) is 10.1 Å². The molecule has 0 unspecified atom stereocenters. The number of carbonyl (C=O) groups is 1. The summed E-state index contributed by atoms with van der Waals surface area (Å²) in [5.74, 6) is 0.119. The smallest absolute Gasteiger partial charge is 0.363 e. The van der Waals surface area contributed by atoms with E-state index in [1.165, 1.54) is 25.3 Å². The number of nitro groups is 1. The number of esters is 1. The number of nitro benzene ring substituents is 1. The summed E-state index contributed by atoms with van der Waals surface area (Å²) in [6, 6.07) is 16.1. The van der Waals surface area contributed by atoms with Crippen molar-refractivity contribution in [3.05, 3.63) is 103 Å². The molecule has 3 aromatic carbocycles. The standard InChI is InChI=1S/C24H16Cl2N2O6/c1-32-21-12-15(11-20-24(29)34-23(27-20)17-4-2-3-5-18(17)25)10-19(26)22(21)33-13-14-6-8-16(9-7-14)28(30)31/h2-12H,13H2,1H3/b20-11-. The van der Waals surface area contributed by atoms with Gasteiger partial charge in [-0.15, -0.1) is 0 Å². The van der Waals surface area contributed by atoms with Crippen molar-refractivity contribution in [2.45, 2.75) is 6.61 Å². The van der Waals surface area contributed by atoms with Gasteiger partial charge in [-0.2, -0.15) is 0 Å². The summed E-state index contributed by atoms with van der Waals surface area (Å²) in [7, 11) is 1.46. The fraction of sp³-hybridized carbons (Fsp3) is 0.0833. The van der Waals surface area contributed by atoms with E-state index in [-0.39, 0.29) is 28.9 Å². The summed E-state index contributed by atoms with van der Waals surface area (Å²) in [6.45, 7) is 0.117. The number of hydrogen-bond donors (Lipinski definition) is 0. The SMILES string of the molecule is COc1cc(/C=C2\N=C(c3ccccc3Cl)OC2=O)cc(Cl)c1OCc1ccc([N+](=O)[O-])cc1. The van der Waals surface area contributed by atoms with Crippen molar-refractivity contribution in [2.24, 2.45) is 4.99 Å². The van der Waals surface area contributed by atoms with Gasteiger partial charge < -0.3 is 14.2 Å². The van der Waals surface area contributed by atoms with Crippen LogP contribution in [-0.2, 0) is 16.1 Å². The zero-order valence-corrected chi connectivity index (χ0v) is 19.2. The van der Waals surface area contributed by atoms with E-state index in [1.807, 2.05) is 0 Å². The summed E-state index contributed by atoms with van der Waals surface area (Å²) >= 11 is 12.6. The predicted molar refractivity (Wildman–Crippen MR) is 127 cm³/mol. The highest BCUT2D eigenvalue weighted by Crippen LogP contribution is 2.38. The van der Waals surface area contributed by atoms with E-state index in [0.29, 0.717) is 33.2 Å². The van der Waals surface area contributed by atoms with E-state index >= 15 is 0 Å². The first-order valence-electron chi connectivity index (χ1n) is 9.87. The van der Waals surface area contributed by atoms with Gasteiger partial charge in [0.25, 0.3) is 5.69 Å². The third kappa shape index (κ3) is 5.03. The van der Waals surface area contributed by atoms with Crippen LogP contribution in [0.5, 0.6) is 11.5 Å². The average molecular weight is 499 g/mol. The number of methoxy groups -OCH3 is 1. The minimum atomic E-state index is -0.622. The van der Waals surface area contributed by atoms with Gasteiger partial charge in [0, 0.05) is 12.1 Å². The monoisotopic (exact) mass is 498 g/mol. The van der Waals surface area contributed by atoms with Gasteiger partial charge in [-0.3, -0.25) is 10.1 Å². The maximum Gasteiger partial charge on any atom is 0.363 e. The van der Waals surface area contributed by atoms with Crippen LogP contribution in [0.4, 0.5) is 5.69 Å². The highest BCUT2D eigenvalue weighted by molar-refractivity contribution is 6.34. The number of carbonyl (C=O) groups excluding carboxylic acids is 1. The van der Waals surface area contributed by atoms with Crippen LogP contribution in [0.3, 0.4) is 0 Å². The normalized spacial score (nSPS) is 14.0. The van der Waals surface area contributed by atoms with Gasteiger partial charge in [0.1, 0.15) is 6.61 Å². The van der Waals surface area contributed by atoms with Crippen LogP contribution in [0.2, 0.25) is 10.0 Å². The number of ether oxygens (including phenoxy) is 3. The Bertz CT molecular complexity index is 1340. The molecular formula is C24H16Cl2N2O6. The Labute approximate surface area is 204 Å². The molecule has 4 rings (SSSR count). The molecule has 34 heavy (non-hydrogen) atoms. The summed E-state index contributed by atoms with van der Waals surface area (Å²) < 4.78 is 16.5. The van der Waals surface area contributed by atoms with E-state index in [2.05, 4.69) is 4.99 Å². The minimum Gasteiger partial charge on any atom is -0.493 e. The van der Waals surface area contributed by atoms with Gasteiger partial charge in [-0.05, 0) is 53.6 Å². The molecule has 0 amide bonds. The van der Waals surface area contributed by atoms with E-state index in [0.717, 1.165) is 0 Å². The first kappa shape index (κ1) is 23.3. The molecule has 3 aromatic rings. The van der Waals surface area contributed by atoms with Crippen molar-refractivity contribution in [1.29, 1.82) is 0 Å². The molecule has 0 N–H and O–H groups in total. The molecule has 0 spiro atoms. The van der Waals surface area contributed by atoms with E-state index in [1.54, 1.807) is 48.5 Å². The zero-order valence-electron chi connectivity index (χ0n) is 17.7. The lowest BCUT2D eigenvalue weighted by Crippen LogP contribution is -2.05. The summed E-state index contributed by atoms with van der Waals surface area (Å²) in [6.07, 6.45) is 1.51. The number of cyclic esters (lactones) is 1. The third-order valence-corrected chi connectivity index (χ3v) is 5.42. The molecule has 0 saturated heterocycles. The third-order valence-electron chi connectivity index (χ3n) is 4.81. The van der Waals surface area contributed by atoms with Crippen molar-refractivity contribution in [3.8, 4) is 11.5 Å². The van der Waals surface area contributed by atoms with Crippen molar-refractivity contribution >= 4 is 46.8 Å². The topological polar surface area (TPSA) is 100 Å². The highest BCUT2D eigenvalue weighted by atomic mass is 35.5. The minimum absolute atomic E-state index is 0.0115. The number of non-ortho nitro benzene ring substituents is 1. The molecule has 1 aliphatic heterocycles. The fourth-order valence-corrected chi connectivity index (χ4v) is 3.64. The Balaban J connectivity index is 1.57. The second kappa shape index (κ2) is 9.94. The molecule has 8 nitrogen and oxygen atoms in total. The molecular weight excluding hydrogens is 483 g/mol. The largest absolute Gasteiger partial charge is 0.493 e. The Morgan fingerprint density at radius 1 is 1.09 bits per heavy atom. The van der Waals surface area contributed by atoms with Gasteiger partial charge in [-0.25, -0.2) is 9.79 Å². The molecule has 0 atom stereocenters. The number of hydrogen-bond acceptors (Lipinski definition) is 7. The molecule has 0 aromatic heterocycles. The van der Waals surface area contributed by atoms with Crippen LogP contribution in [0.15, 0.2) is 71.4 Å². The van der Waals surface area contributed by atoms with Gasteiger partial charge >= 0.3 is 5.97 Å². The Hall–Kier alpha value is -3.88. The fourth-order valence-electron chi connectivity index (χ4n) is 3.15. The van der Waals surface area contributed by atoms with Gasteiger partial charge in [0.05, 0.1) is 27.6 Å². The molecule has 0 fully saturated rings. The lowest BCUT2D eigenvalue weighted by atomic mass is 10.1. The Morgan fingerprint density at radius 2 is 1.82 bits per heavy atom. The lowest BCUT2D eigenvalue weighted by molar-refractivity contribution is -0.384. The number of rotatable bonds is 7. The van der Waals surface area contributed by atoms with Crippen LogP contribution in [-0.4, -0.2) is 23.9 Å². The van der Waals surface area contributed by atoms with Crippen molar-refractivity contribution in [3.63, 3.8) is 0 Å². The first-order valence-corrected chi connectivity index (χ1v) is 10.6. The second-order valence-corrected chi connectivity index (χ2v) is 7.88. The van der Waals surface area contributed by atoms with Crippen LogP contribution in [0.25, 0.3) is 6.08 Å². The lowest BCUT2D eigenvalue weighted by Gasteiger charge is -2.13. The molecule has 10 heteroatoms. The number of aliphatic imine (C=N–C) groups is 1. The average Bonchev–Trinajstić information content (AvgIpc) is 3.18. The van der Waals surface area contributed by atoms with Crippen LogP contribution >= 0.6 is 23.2 Å². The summed E-state index contributed by atoms with van der Waals surface area (Å²) in [4.78, 5) is 26.9. The van der Waals surface area contributed by atoms with Crippen molar-refractivity contribution in [2.75, 3.05) is 7.11 Å². The highest BCUT2D eigenvalue weighted by Gasteiger charge is 2.26. The zero-order chi connectivity index (χ0) is 24.2. The molecule has 0 aliphatic carbocycles. The summed E-state index contributed by atoms with van der Waals surface area (Å²) in [5.41, 5.74) is 1.83. The number of benzene rings is 3. The van der Waals surface area contributed by atoms with E-state index in [9.17, 15) is 14.9 Å². The van der Waals surface area contributed by atoms with E-state index in [4.69, 9.17) is 37.4 Å². The van der Waals surface area contributed by atoms with Crippen LogP contribution in [0.1, 0.15) is 16.7 Å². The molecule has 0 radical (unpaired) electrons. The van der Waals surface area contributed by atoms with Crippen LogP contribution < -0.4 is 9.47 Å².